The van der Waals surface area contributed by atoms with Crippen LogP contribution in [0.15, 0.2) is 67.0 Å². The molecule has 0 unspecified atom stereocenters. The minimum Gasteiger partial charge on any atom is -0.493 e. The van der Waals surface area contributed by atoms with Gasteiger partial charge in [0.25, 0.3) is 0 Å². The summed E-state index contributed by atoms with van der Waals surface area (Å²) >= 11 is 6.00. The predicted octanol–water partition coefficient (Wildman–Crippen LogP) is 5.31. The first-order valence-corrected chi connectivity index (χ1v) is 11.1. The van der Waals surface area contributed by atoms with Crippen LogP contribution in [0.25, 0.3) is 5.69 Å². The maximum absolute atomic E-state index is 12.9. The summed E-state index contributed by atoms with van der Waals surface area (Å²) in [6, 6.07) is 16.5. The topological polar surface area (TPSA) is 78.3 Å². The van der Waals surface area contributed by atoms with Crippen molar-refractivity contribution in [1.82, 2.24) is 14.8 Å². The fourth-order valence-corrected chi connectivity index (χ4v) is 3.76. The molecule has 7 nitrogen and oxygen atoms in total. The van der Waals surface area contributed by atoms with Crippen molar-refractivity contribution in [3.63, 3.8) is 0 Å². The zero-order valence-corrected chi connectivity index (χ0v) is 20.0. The fourth-order valence-electron chi connectivity index (χ4n) is 3.64. The Bertz CT molecular complexity index is 1290. The number of pyridine rings is 1. The zero-order chi connectivity index (χ0) is 24.1. The van der Waals surface area contributed by atoms with Crippen molar-refractivity contribution in [1.29, 1.82) is 0 Å². The van der Waals surface area contributed by atoms with Gasteiger partial charge in [-0.25, -0.2) is 4.68 Å². The third-order valence-corrected chi connectivity index (χ3v) is 5.69. The first kappa shape index (κ1) is 23.3. The molecule has 2 heterocycles. The van der Waals surface area contributed by atoms with Crippen LogP contribution in [-0.2, 0) is 17.8 Å². The van der Waals surface area contributed by atoms with Crippen molar-refractivity contribution in [2.45, 2.75) is 26.9 Å². The number of halogens is 1. The summed E-state index contributed by atoms with van der Waals surface area (Å²) in [6.45, 7) is 4.22. The Morgan fingerprint density at radius 3 is 2.47 bits per heavy atom. The van der Waals surface area contributed by atoms with Crippen LogP contribution < -0.4 is 14.8 Å². The van der Waals surface area contributed by atoms with Gasteiger partial charge in [0.1, 0.15) is 6.61 Å². The van der Waals surface area contributed by atoms with Gasteiger partial charge in [-0.3, -0.25) is 9.78 Å². The van der Waals surface area contributed by atoms with Crippen molar-refractivity contribution in [2.75, 3.05) is 12.4 Å². The molecule has 0 aliphatic carbocycles. The summed E-state index contributed by atoms with van der Waals surface area (Å²) in [5.41, 5.74) is 5.09. The van der Waals surface area contributed by atoms with Gasteiger partial charge in [-0.15, -0.1) is 0 Å². The van der Waals surface area contributed by atoms with Crippen molar-refractivity contribution in [3.05, 3.63) is 94.5 Å². The number of benzene rings is 2. The maximum Gasteiger partial charge on any atom is 0.228 e. The molecule has 0 saturated carbocycles. The summed E-state index contributed by atoms with van der Waals surface area (Å²) in [4.78, 5) is 16.9. The Kier molecular flexibility index (Phi) is 7.13. The Morgan fingerprint density at radius 1 is 1.03 bits per heavy atom. The van der Waals surface area contributed by atoms with E-state index in [0.717, 1.165) is 28.2 Å². The lowest BCUT2D eigenvalue weighted by atomic mass is 10.1. The zero-order valence-electron chi connectivity index (χ0n) is 19.2. The highest BCUT2D eigenvalue weighted by atomic mass is 35.5. The molecule has 174 valence electrons. The second kappa shape index (κ2) is 10.4. The van der Waals surface area contributed by atoms with Crippen molar-refractivity contribution in [2.24, 2.45) is 0 Å². The molecule has 0 saturated heterocycles. The molecule has 2 aromatic heterocycles. The standard InChI is InChI=1S/C26H25ClN4O3/c1-17-23(18(2)31(30-17)22-7-4-20(27)5-8-22)15-26(32)29-21-6-9-24(33-3)25(14-21)34-16-19-10-12-28-13-11-19/h4-14H,15-16H2,1-3H3,(H,29,32). The summed E-state index contributed by atoms with van der Waals surface area (Å²) < 4.78 is 13.2. The average Bonchev–Trinajstić information content (AvgIpc) is 3.12. The van der Waals surface area contributed by atoms with E-state index in [1.807, 2.05) is 54.9 Å². The van der Waals surface area contributed by atoms with E-state index < -0.39 is 0 Å². The molecule has 34 heavy (non-hydrogen) atoms. The maximum atomic E-state index is 12.9. The minimum absolute atomic E-state index is 0.146. The normalized spacial score (nSPS) is 10.7. The number of ether oxygens (including phenoxy) is 2. The summed E-state index contributed by atoms with van der Waals surface area (Å²) in [6.07, 6.45) is 3.63. The number of hydrogen-bond donors (Lipinski definition) is 1. The van der Waals surface area contributed by atoms with Gasteiger partial charge >= 0.3 is 0 Å². The van der Waals surface area contributed by atoms with Gasteiger partial charge in [-0.05, 0) is 67.9 Å². The van der Waals surface area contributed by atoms with Gasteiger partial charge in [0.2, 0.25) is 5.91 Å². The minimum atomic E-state index is -0.146. The van der Waals surface area contributed by atoms with Crippen LogP contribution in [0.4, 0.5) is 5.69 Å². The average molecular weight is 477 g/mol. The Balaban J connectivity index is 1.47. The number of nitrogens with zero attached hydrogens (tertiary/aromatic N) is 3. The van der Waals surface area contributed by atoms with Crippen molar-refractivity contribution >= 4 is 23.2 Å². The number of hydrogen-bond acceptors (Lipinski definition) is 5. The van der Waals surface area contributed by atoms with Crippen LogP contribution in [0.5, 0.6) is 11.5 Å². The number of anilines is 1. The summed E-state index contributed by atoms with van der Waals surface area (Å²) in [7, 11) is 1.58. The summed E-state index contributed by atoms with van der Waals surface area (Å²) in [5, 5.41) is 8.23. The first-order valence-electron chi connectivity index (χ1n) is 10.7. The van der Waals surface area contributed by atoms with E-state index in [0.29, 0.717) is 28.8 Å². The molecule has 0 fully saturated rings. The van der Waals surface area contributed by atoms with Gasteiger partial charge in [0, 0.05) is 40.4 Å². The molecule has 0 aliphatic heterocycles. The molecule has 1 amide bonds. The van der Waals surface area contributed by atoms with Gasteiger partial charge < -0.3 is 14.8 Å². The van der Waals surface area contributed by atoms with Crippen LogP contribution in [-0.4, -0.2) is 27.8 Å². The number of aryl methyl sites for hydroxylation is 1. The number of methoxy groups -OCH3 is 1. The van der Waals surface area contributed by atoms with Crippen LogP contribution in [0.3, 0.4) is 0 Å². The second-order valence-corrected chi connectivity index (χ2v) is 8.21. The van der Waals surface area contributed by atoms with E-state index in [4.69, 9.17) is 21.1 Å². The van der Waals surface area contributed by atoms with E-state index in [2.05, 4.69) is 15.4 Å². The lowest BCUT2D eigenvalue weighted by Crippen LogP contribution is -2.15. The lowest BCUT2D eigenvalue weighted by Gasteiger charge is -2.13. The highest BCUT2D eigenvalue weighted by Crippen LogP contribution is 2.31. The molecule has 0 spiro atoms. The molecule has 0 radical (unpaired) electrons. The number of carbonyl (C=O) groups excluding carboxylic acids is 1. The van der Waals surface area contributed by atoms with Gasteiger partial charge in [-0.2, -0.15) is 5.10 Å². The van der Waals surface area contributed by atoms with Gasteiger partial charge in [0.05, 0.1) is 24.9 Å². The third-order valence-electron chi connectivity index (χ3n) is 5.44. The molecular formula is C26H25ClN4O3. The van der Waals surface area contributed by atoms with E-state index >= 15 is 0 Å². The van der Waals surface area contributed by atoms with Crippen LogP contribution in [0.1, 0.15) is 22.5 Å². The SMILES string of the molecule is COc1ccc(NC(=O)Cc2c(C)nn(-c3ccc(Cl)cc3)c2C)cc1OCc1ccncc1. The third kappa shape index (κ3) is 5.38. The number of carbonyl (C=O) groups is 1. The largest absolute Gasteiger partial charge is 0.493 e. The Hall–Kier alpha value is -3.84. The van der Waals surface area contributed by atoms with E-state index in [1.165, 1.54) is 0 Å². The number of nitrogens with one attached hydrogen (secondary N) is 1. The molecule has 1 N–H and O–H groups in total. The van der Waals surface area contributed by atoms with Gasteiger partial charge in [-0.1, -0.05) is 11.6 Å². The lowest BCUT2D eigenvalue weighted by molar-refractivity contribution is -0.115. The monoisotopic (exact) mass is 476 g/mol. The number of rotatable bonds is 8. The first-order chi connectivity index (χ1) is 16.4. The molecule has 0 bridgehead atoms. The molecule has 0 aliphatic rings. The Labute approximate surface area is 203 Å². The molecule has 0 atom stereocenters. The molecular weight excluding hydrogens is 452 g/mol. The second-order valence-electron chi connectivity index (χ2n) is 7.77. The Morgan fingerprint density at radius 2 is 1.76 bits per heavy atom. The smallest absolute Gasteiger partial charge is 0.228 e. The highest BCUT2D eigenvalue weighted by Gasteiger charge is 2.17. The van der Waals surface area contributed by atoms with Crippen molar-refractivity contribution < 1.29 is 14.3 Å². The molecule has 8 heteroatoms. The van der Waals surface area contributed by atoms with E-state index in [-0.39, 0.29) is 12.3 Å². The highest BCUT2D eigenvalue weighted by molar-refractivity contribution is 6.30. The van der Waals surface area contributed by atoms with Crippen molar-refractivity contribution in [3.8, 4) is 17.2 Å². The van der Waals surface area contributed by atoms with Gasteiger partial charge in [0.15, 0.2) is 11.5 Å². The fraction of sp³-hybridized carbons (Fsp3) is 0.192. The van der Waals surface area contributed by atoms with Crippen LogP contribution >= 0.6 is 11.6 Å². The molecule has 4 aromatic rings. The number of amides is 1. The number of aromatic nitrogens is 3. The quantitative estimate of drug-likeness (QED) is 0.373. The van der Waals surface area contributed by atoms with Crippen LogP contribution in [0.2, 0.25) is 5.02 Å². The van der Waals surface area contributed by atoms with E-state index in [9.17, 15) is 4.79 Å². The summed E-state index contributed by atoms with van der Waals surface area (Å²) in [5.74, 6) is 0.982. The predicted molar refractivity (Wildman–Crippen MR) is 132 cm³/mol. The molecule has 2 aromatic carbocycles. The van der Waals surface area contributed by atoms with Crippen LogP contribution in [0, 0.1) is 13.8 Å². The molecule has 4 rings (SSSR count). The van der Waals surface area contributed by atoms with E-state index in [1.54, 1.807) is 37.7 Å².